The zero-order valence-electron chi connectivity index (χ0n) is 12.7. The fraction of sp³-hybridized carbons (Fsp3) is 0.562. The minimum absolute atomic E-state index is 0.201. The Morgan fingerprint density at radius 3 is 2.59 bits per heavy atom. The molecule has 5 nitrogen and oxygen atoms in total. The Bertz CT molecular complexity index is 505. The molecule has 0 aliphatic carbocycles. The van der Waals surface area contributed by atoms with Crippen LogP contribution in [0, 0.1) is 5.82 Å². The lowest BCUT2D eigenvalue weighted by Crippen LogP contribution is -2.51. The minimum atomic E-state index is -0.201. The van der Waals surface area contributed by atoms with Gasteiger partial charge in [0.15, 0.2) is 5.96 Å². The van der Waals surface area contributed by atoms with E-state index >= 15 is 0 Å². The Balaban J connectivity index is 1.50. The van der Waals surface area contributed by atoms with Gasteiger partial charge in [-0.2, -0.15) is 0 Å². The normalized spacial score (nSPS) is 23.1. The van der Waals surface area contributed by atoms with Crippen molar-refractivity contribution in [2.45, 2.75) is 18.9 Å². The van der Waals surface area contributed by atoms with Gasteiger partial charge in [-0.1, -0.05) is 0 Å². The van der Waals surface area contributed by atoms with Gasteiger partial charge in [-0.25, -0.2) is 4.39 Å². The molecule has 3 rings (SSSR count). The van der Waals surface area contributed by atoms with Gasteiger partial charge in [0.1, 0.15) is 5.82 Å². The molecule has 2 fully saturated rings. The molecule has 0 bridgehead atoms. The van der Waals surface area contributed by atoms with Gasteiger partial charge in [0.2, 0.25) is 0 Å². The average Bonchev–Trinajstić information content (AvgIpc) is 3.07. The third kappa shape index (κ3) is 3.68. The van der Waals surface area contributed by atoms with E-state index in [4.69, 9.17) is 10.5 Å². The topological polar surface area (TPSA) is 54.1 Å². The molecule has 2 N–H and O–H groups in total. The van der Waals surface area contributed by atoms with Crippen molar-refractivity contribution < 1.29 is 9.13 Å². The number of nitrogens with zero attached hydrogens (tertiary/aromatic N) is 3. The molecule has 6 heteroatoms. The standard InChI is InChI=1S/C16H23FN4O/c17-13-3-5-14(6-4-13)20-7-9-21(10-8-20)16(18)19-12-15-2-1-11-22-15/h3-6,15H,1-2,7-12H2,(H2,18,19). The summed E-state index contributed by atoms with van der Waals surface area (Å²) in [5.41, 5.74) is 7.13. The van der Waals surface area contributed by atoms with Crippen LogP contribution >= 0.6 is 0 Å². The molecule has 120 valence electrons. The molecular formula is C16H23FN4O. The summed E-state index contributed by atoms with van der Waals surface area (Å²) in [6.45, 7) is 4.89. The smallest absolute Gasteiger partial charge is 0.191 e. The van der Waals surface area contributed by atoms with Crippen LogP contribution in [0.2, 0.25) is 0 Å². The zero-order valence-corrected chi connectivity index (χ0v) is 12.7. The molecule has 0 radical (unpaired) electrons. The van der Waals surface area contributed by atoms with Crippen LogP contribution in [0.5, 0.6) is 0 Å². The number of rotatable bonds is 3. The number of hydrogen-bond acceptors (Lipinski definition) is 3. The Morgan fingerprint density at radius 2 is 1.95 bits per heavy atom. The maximum absolute atomic E-state index is 13.0. The quantitative estimate of drug-likeness (QED) is 0.678. The van der Waals surface area contributed by atoms with Crippen molar-refractivity contribution >= 4 is 11.6 Å². The number of guanidine groups is 1. The van der Waals surface area contributed by atoms with Gasteiger partial charge in [0.05, 0.1) is 12.6 Å². The molecule has 0 amide bonds. The lowest BCUT2D eigenvalue weighted by atomic mass is 10.2. The van der Waals surface area contributed by atoms with Crippen LogP contribution < -0.4 is 10.6 Å². The number of piperazine rings is 1. The molecule has 2 saturated heterocycles. The first-order chi connectivity index (χ1) is 10.7. The maximum Gasteiger partial charge on any atom is 0.191 e. The average molecular weight is 306 g/mol. The van der Waals surface area contributed by atoms with E-state index in [1.54, 1.807) is 0 Å². The van der Waals surface area contributed by atoms with Crippen LogP contribution in [-0.2, 0) is 4.74 Å². The van der Waals surface area contributed by atoms with Crippen molar-refractivity contribution in [3.8, 4) is 0 Å². The van der Waals surface area contributed by atoms with Crippen LogP contribution in [0.1, 0.15) is 12.8 Å². The van der Waals surface area contributed by atoms with E-state index in [1.165, 1.54) is 12.1 Å². The van der Waals surface area contributed by atoms with Gasteiger partial charge in [-0.15, -0.1) is 0 Å². The van der Waals surface area contributed by atoms with E-state index in [1.807, 2.05) is 12.1 Å². The Kier molecular flexibility index (Phi) is 4.77. The molecule has 1 unspecified atom stereocenters. The van der Waals surface area contributed by atoms with E-state index in [-0.39, 0.29) is 11.9 Å². The summed E-state index contributed by atoms with van der Waals surface area (Å²) in [6, 6.07) is 6.64. The Morgan fingerprint density at radius 1 is 1.23 bits per heavy atom. The molecular weight excluding hydrogens is 283 g/mol. The van der Waals surface area contributed by atoms with Crippen molar-refractivity contribution in [3.05, 3.63) is 30.1 Å². The van der Waals surface area contributed by atoms with Crippen molar-refractivity contribution in [1.82, 2.24) is 4.90 Å². The number of nitrogens with two attached hydrogens (primary N) is 1. The van der Waals surface area contributed by atoms with E-state index in [2.05, 4.69) is 14.8 Å². The summed E-state index contributed by atoms with van der Waals surface area (Å²) in [6.07, 6.45) is 2.44. The molecule has 1 aromatic rings. The van der Waals surface area contributed by atoms with Gasteiger partial charge >= 0.3 is 0 Å². The van der Waals surface area contributed by atoms with Crippen molar-refractivity contribution in [3.63, 3.8) is 0 Å². The van der Waals surface area contributed by atoms with E-state index in [0.717, 1.165) is 51.3 Å². The van der Waals surface area contributed by atoms with Crippen LogP contribution in [0.3, 0.4) is 0 Å². The Hall–Kier alpha value is -1.82. The molecule has 1 aromatic carbocycles. The van der Waals surface area contributed by atoms with E-state index in [9.17, 15) is 4.39 Å². The lowest BCUT2D eigenvalue weighted by molar-refractivity contribution is 0.117. The first-order valence-electron chi connectivity index (χ1n) is 7.89. The highest BCUT2D eigenvalue weighted by molar-refractivity contribution is 5.78. The summed E-state index contributed by atoms with van der Waals surface area (Å²) in [5.74, 6) is 0.405. The molecule has 22 heavy (non-hydrogen) atoms. The fourth-order valence-corrected chi connectivity index (χ4v) is 2.93. The van der Waals surface area contributed by atoms with Crippen LogP contribution in [-0.4, -0.2) is 56.3 Å². The first-order valence-corrected chi connectivity index (χ1v) is 7.89. The van der Waals surface area contributed by atoms with Gasteiger partial charge in [0, 0.05) is 38.5 Å². The van der Waals surface area contributed by atoms with Gasteiger partial charge in [-0.05, 0) is 37.1 Å². The van der Waals surface area contributed by atoms with Crippen molar-refractivity contribution in [2.75, 3.05) is 44.2 Å². The number of hydrogen-bond donors (Lipinski definition) is 1. The highest BCUT2D eigenvalue weighted by atomic mass is 19.1. The third-order valence-electron chi connectivity index (χ3n) is 4.28. The minimum Gasteiger partial charge on any atom is -0.376 e. The number of halogens is 1. The number of aliphatic imine (C=N–C) groups is 1. The predicted octanol–water partition coefficient (Wildman–Crippen LogP) is 1.44. The van der Waals surface area contributed by atoms with E-state index < -0.39 is 0 Å². The van der Waals surface area contributed by atoms with Crippen LogP contribution in [0.25, 0.3) is 0 Å². The monoisotopic (exact) mass is 306 g/mol. The fourth-order valence-electron chi connectivity index (χ4n) is 2.93. The predicted molar refractivity (Wildman–Crippen MR) is 85.6 cm³/mol. The van der Waals surface area contributed by atoms with Crippen molar-refractivity contribution in [2.24, 2.45) is 10.7 Å². The van der Waals surface area contributed by atoms with Crippen molar-refractivity contribution in [1.29, 1.82) is 0 Å². The highest BCUT2D eigenvalue weighted by Gasteiger charge is 2.20. The summed E-state index contributed by atoms with van der Waals surface area (Å²) in [4.78, 5) is 8.81. The Labute approximate surface area is 130 Å². The second-order valence-corrected chi connectivity index (χ2v) is 5.78. The van der Waals surface area contributed by atoms with Gasteiger partial charge in [0.25, 0.3) is 0 Å². The van der Waals surface area contributed by atoms with Gasteiger partial charge < -0.3 is 20.3 Å². The highest BCUT2D eigenvalue weighted by Crippen LogP contribution is 2.17. The SMILES string of the molecule is NC(=NCC1CCCO1)N1CCN(c2ccc(F)cc2)CC1. The second-order valence-electron chi connectivity index (χ2n) is 5.78. The number of ether oxygens (including phenoxy) is 1. The molecule has 0 saturated carbocycles. The first kappa shape index (κ1) is 15.1. The van der Waals surface area contributed by atoms with E-state index in [0.29, 0.717) is 12.5 Å². The number of benzene rings is 1. The van der Waals surface area contributed by atoms with Crippen LogP contribution in [0.4, 0.5) is 10.1 Å². The molecule has 0 aromatic heterocycles. The molecule has 2 heterocycles. The van der Waals surface area contributed by atoms with Crippen LogP contribution in [0.15, 0.2) is 29.3 Å². The summed E-state index contributed by atoms with van der Waals surface area (Å²) in [5, 5.41) is 0. The number of anilines is 1. The third-order valence-corrected chi connectivity index (χ3v) is 4.28. The van der Waals surface area contributed by atoms with Gasteiger partial charge in [-0.3, -0.25) is 4.99 Å². The summed E-state index contributed by atoms with van der Waals surface area (Å²) >= 11 is 0. The summed E-state index contributed by atoms with van der Waals surface area (Å²) in [7, 11) is 0. The zero-order chi connectivity index (χ0) is 15.4. The largest absolute Gasteiger partial charge is 0.376 e. The second kappa shape index (κ2) is 6.96. The summed E-state index contributed by atoms with van der Waals surface area (Å²) < 4.78 is 18.5. The molecule has 2 aliphatic heterocycles. The molecule has 2 aliphatic rings. The molecule has 0 spiro atoms. The molecule has 1 atom stereocenters. The lowest BCUT2D eigenvalue weighted by Gasteiger charge is -2.36. The maximum atomic E-state index is 13.0.